The smallest absolute Gasteiger partial charge is 0.313 e. The second-order valence-electron chi connectivity index (χ2n) is 4.99. The average molecular weight is 294 g/mol. The Bertz CT molecular complexity index is 551. The third kappa shape index (κ3) is 3.62. The average Bonchev–Trinajstić information content (AvgIpc) is 2.91. The number of methoxy groups -OCH3 is 1. The molecule has 1 aliphatic heterocycles. The molecule has 0 bridgehead atoms. The number of carbonyl (C=O) groups excluding carboxylic acids is 3. The number of piperidine rings is 1. The number of ether oxygens (including phenoxy) is 1. The van der Waals surface area contributed by atoms with Gasteiger partial charge < -0.3 is 19.4 Å². The summed E-state index contributed by atoms with van der Waals surface area (Å²) >= 11 is 0. The maximum atomic E-state index is 12.2. The molecule has 7 heteroatoms. The second kappa shape index (κ2) is 6.43. The van der Waals surface area contributed by atoms with Crippen molar-refractivity contribution in [1.29, 1.82) is 0 Å². The quantitative estimate of drug-likeness (QED) is 0.809. The summed E-state index contributed by atoms with van der Waals surface area (Å²) in [5.41, 5.74) is 0.319. The number of nitrogens with one attached hydrogen (secondary N) is 1. The van der Waals surface area contributed by atoms with E-state index in [1.54, 1.807) is 11.9 Å². The molecule has 2 heterocycles. The number of hydrogen-bond acceptors (Lipinski definition) is 5. The molecule has 21 heavy (non-hydrogen) atoms. The van der Waals surface area contributed by atoms with Gasteiger partial charge in [-0.1, -0.05) is 0 Å². The molecule has 2 amide bonds. The predicted molar refractivity (Wildman–Crippen MR) is 72.6 cm³/mol. The molecule has 114 valence electrons. The molecule has 1 atom stereocenters. The Hall–Kier alpha value is -2.31. The van der Waals surface area contributed by atoms with Crippen LogP contribution in [0.5, 0.6) is 0 Å². The number of esters is 1. The van der Waals surface area contributed by atoms with Crippen LogP contribution in [0, 0.1) is 0 Å². The van der Waals surface area contributed by atoms with Crippen LogP contribution in [-0.4, -0.2) is 49.4 Å². The molecule has 0 aromatic carbocycles. The number of amides is 2. The van der Waals surface area contributed by atoms with E-state index >= 15 is 0 Å². The van der Waals surface area contributed by atoms with Crippen LogP contribution in [0.15, 0.2) is 16.7 Å². The molecular weight excluding hydrogens is 276 g/mol. The number of hydrogen-bond donors (Lipinski definition) is 1. The van der Waals surface area contributed by atoms with Crippen LogP contribution in [0.1, 0.15) is 29.0 Å². The Kier molecular flexibility index (Phi) is 4.62. The van der Waals surface area contributed by atoms with E-state index in [4.69, 9.17) is 4.42 Å². The molecule has 0 radical (unpaired) electrons. The Balaban J connectivity index is 1.99. The van der Waals surface area contributed by atoms with Gasteiger partial charge in [-0.25, -0.2) is 0 Å². The largest absolute Gasteiger partial charge is 0.469 e. The van der Waals surface area contributed by atoms with Gasteiger partial charge in [0.1, 0.15) is 12.2 Å². The summed E-state index contributed by atoms with van der Waals surface area (Å²) in [6.45, 7) is 0.481. The highest BCUT2D eigenvalue weighted by molar-refractivity contribution is 5.96. The number of likely N-dealkylation sites (N-methyl/N-ethyl adjacent to an activating group) is 1. The van der Waals surface area contributed by atoms with Gasteiger partial charge in [-0.2, -0.15) is 0 Å². The van der Waals surface area contributed by atoms with E-state index in [0.717, 1.165) is 0 Å². The first kappa shape index (κ1) is 15.1. The van der Waals surface area contributed by atoms with Crippen LogP contribution in [0.25, 0.3) is 0 Å². The Morgan fingerprint density at radius 3 is 2.95 bits per heavy atom. The molecule has 0 spiro atoms. The second-order valence-corrected chi connectivity index (χ2v) is 4.99. The zero-order valence-electron chi connectivity index (χ0n) is 12.0. The predicted octanol–water partition coefficient (Wildman–Crippen LogP) is 0.346. The fourth-order valence-electron chi connectivity index (χ4n) is 2.28. The molecular formula is C14H18N2O5. The Morgan fingerprint density at radius 1 is 1.52 bits per heavy atom. The minimum atomic E-state index is -0.470. The van der Waals surface area contributed by atoms with E-state index in [1.165, 1.54) is 19.4 Å². The third-order valence-electron chi connectivity index (χ3n) is 3.48. The van der Waals surface area contributed by atoms with Crippen LogP contribution in [0.3, 0.4) is 0 Å². The summed E-state index contributed by atoms with van der Waals surface area (Å²) in [5, 5.41) is 2.86. The van der Waals surface area contributed by atoms with E-state index in [0.29, 0.717) is 24.9 Å². The molecule has 2 rings (SSSR count). The lowest BCUT2D eigenvalue weighted by molar-refractivity contribution is -0.140. The van der Waals surface area contributed by atoms with E-state index in [9.17, 15) is 14.4 Å². The van der Waals surface area contributed by atoms with Crippen LogP contribution < -0.4 is 5.32 Å². The summed E-state index contributed by atoms with van der Waals surface area (Å²) in [6.07, 6.45) is 2.31. The molecule has 1 saturated heterocycles. The molecule has 1 fully saturated rings. The van der Waals surface area contributed by atoms with Gasteiger partial charge in [-0.3, -0.25) is 14.4 Å². The lowest BCUT2D eigenvalue weighted by Gasteiger charge is -2.30. The zero-order valence-corrected chi connectivity index (χ0v) is 12.0. The summed E-state index contributed by atoms with van der Waals surface area (Å²) in [5.74, 6) is -0.424. The maximum Gasteiger partial charge on any atom is 0.313 e. The maximum absolute atomic E-state index is 12.2. The van der Waals surface area contributed by atoms with Gasteiger partial charge in [-0.05, 0) is 12.5 Å². The van der Waals surface area contributed by atoms with Crippen molar-refractivity contribution in [3.05, 3.63) is 23.7 Å². The van der Waals surface area contributed by atoms with E-state index < -0.39 is 5.97 Å². The summed E-state index contributed by atoms with van der Waals surface area (Å²) in [7, 11) is 2.99. The first-order valence-corrected chi connectivity index (χ1v) is 6.69. The molecule has 0 aliphatic carbocycles. The van der Waals surface area contributed by atoms with Crippen LogP contribution in [-0.2, 0) is 20.7 Å². The Morgan fingerprint density at radius 2 is 2.29 bits per heavy atom. The summed E-state index contributed by atoms with van der Waals surface area (Å²) in [4.78, 5) is 36.5. The number of carbonyl (C=O) groups is 3. The lowest BCUT2D eigenvalue weighted by Crippen LogP contribution is -2.48. The molecule has 7 nitrogen and oxygen atoms in total. The zero-order chi connectivity index (χ0) is 15.4. The summed E-state index contributed by atoms with van der Waals surface area (Å²) < 4.78 is 9.72. The van der Waals surface area contributed by atoms with Gasteiger partial charge in [-0.15, -0.1) is 0 Å². The first-order valence-electron chi connectivity index (χ1n) is 6.69. The first-order chi connectivity index (χ1) is 10.0. The molecule has 1 N–H and O–H groups in total. The molecule has 0 saturated carbocycles. The van der Waals surface area contributed by atoms with Crippen molar-refractivity contribution < 1.29 is 23.5 Å². The van der Waals surface area contributed by atoms with Crippen LogP contribution in [0.2, 0.25) is 0 Å². The van der Waals surface area contributed by atoms with Crippen LogP contribution in [0.4, 0.5) is 0 Å². The topological polar surface area (TPSA) is 88.8 Å². The third-order valence-corrected chi connectivity index (χ3v) is 3.48. The van der Waals surface area contributed by atoms with Crippen molar-refractivity contribution in [3.8, 4) is 0 Å². The fraction of sp³-hybridized carbons (Fsp3) is 0.500. The van der Waals surface area contributed by atoms with E-state index in [2.05, 4.69) is 10.1 Å². The van der Waals surface area contributed by atoms with Crippen molar-refractivity contribution in [2.45, 2.75) is 25.3 Å². The van der Waals surface area contributed by atoms with Crippen molar-refractivity contribution in [1.82, 2.24) is 10.2 Å². The normalized spacial score (nSPS) is 18.5. The van der Waals surface area contributed by atoms with Gasteiger partial charge in [0, 0.05) is 26.1 Å². The highest BCUT2D eigenvalue weighted by Crippen LogP contribution is 2.14. The minimum absolute atomic E-state index is 0.0789. The van der Waals surface area contributed by atoms with Gasteiger partial charge in [0.2, 0.25) is 5.91 Å². The molecule has 1 aromatic rings. The van der Waals surface area contributed by atoms with E-state index in [-0.39, 0.29) is 30.0 Å². The van der Waals surface area contributed by atoms with Gasteiger partial charge in [0.25, 0.3) is 5.91 Å². The van der Waals surface area contributed by atoms with Gasteiger partial charge in [0.15, 0.2) is 0 Å². The highest BCUT2D eigenvalue weighted by atomic mass is 16.5. The number of nitrogens with zero attached hydrogens (tertiary/aromatic N) is 1. The van der Waals surface area contributed by atoms with Gasteiger partial charge >= 0.3 is 5.97 Å². The minimum Gasteiger partial charge on any atom is -0.469 e. The van der Waals surface area contributed by atoms with Crippen molar-refractivity contribution >= 4 is 17.8 Å². The molecule has 1 unspecified atom stereocenters. The number of rotatable bonds is 4. The molecule has 1 aromatic heterocycles. The monoisotopic (exact) mass is 294 g/mol. The standard InChI is InChI=1S/C14H18N2O5/c1-16-8-9(3-4-12(16)17)15-14(19)10-5-6-21-11(10)7-13(18)20-2/h5-6,9H,3-4,7-8H2,1-2H3,(H,15,19). The SMILES string of the molecule is COC(=O)Cc1occc1C(=O)NC1CCC(=O)N(C)C1. The number of furan rings is 1. The highest BCUT2D eigenvalue weighted by Gasteiger charge is 2.26. The Labute approximate surface area is 122 Å². The lowest BCUT2D eigenvalue weighted by atomic mass is 10.0. The van der Waals surface area contributed by atoms with E-state index in [1.807, 2.05) is 0 Å². The molecule has 1 aliphatic rings. The number of likely N-dealkylation sites (tertiary alicyclic amines) is 1. The van der Waals surface area contributed by atoms with Crippen molar-refractivity contribution in [2.75, 3.05) is 20.7 Å². The van der Waals surface area contributed by atoms with Crippen molar-refractivity contribution in [2.24, 2.45) is 0 Å². The summed E-state index contributed by atoms with van der Waals surface area (Å²) in [6, 6.07) is 1.42. The van der Waals surface area contributed by atoms with Crippen LogP contribution >= 0.6 is 0 Å². The fourth-order valence-corrected chi connectivity index (χ4v) is 2.28. The van der Waals surface area contributed by atoms with Gasteiger partial charge in [0.05, 0.1) is 18.9 Å². The van der Waals surface area contributed by atoms with Crippen molar-refractivity contribution in [3.63, 3.8) is 0 Å².